The average Bonchev–Trinajstić information content (AvgIpc) is 3.03. The molecule has 2 heterocycles. The highest BCUT2D eigenvalue weighted by atomic mass is 32.1. The van der Waals surface area contributed by atoms with Crippen LogP contribution in [0.1, 0.15) is 32.1 Å². The van der Waals surface area contributed by atoms with Gasteiger partial charge in [0.15, 0.2) is 5.13 Å². The van der Waals surface area contributed by atoms with Gasteiger partial charge in [0.25, 0.3) is 0 Å². The van der Waals surface area contributed by atoms with E-state index < -0.39 is 0 Å². The van der Waals surface area contributed by atoms with E-state index in [-0.39, 0.29) is 0 Å². The summed E-state index contributed by atoms with van der Waals surface area (Å²) in [5.41, 5.74) is 0.491. The van der Waals surface area contributed by atoms with Crippen LogP contribution in [0, 0.1) is 5.41 Å². The van der Waals surface area contributed by atoms with Gasteiger partial charge in [-0.2, -0.15) is 12.6 Å². The van der Waals surface area contributed by atoms with Crippen LogP contribution in [0.4, 0.5) is 5.13 Å². The highest BCUT2D eigenvalue weighted by molar-refractivity contribution is 7.80. The van der Waals surface area contributed by atoms with Gasteiger partial charge in [0.1, 0.15) is 0 Å². The summed E-state index contributed by atoms with van der Waals surface area (Å²) in [6.45, 7) is 5.85. The Morgan fingerprint density at radius 3 is 2.50 bits per heavy atom. The minimum atomic E-state index is 0.491. The number of thiazole rings is 1. The summed E-state index contributed by atoms with van der Waals surface area (Å²) in [6, 6.07) is 0. The van der Waals surface area contributed by atoms with E-state index in [2.05, 4.69) is 32.8 Å². The summed E-state index contributed by atoms with van der Waals surface area (Å²) in [4.78, 5) is 9.51. The maximum atomic E-state index is 4.67. The molecule has 1 saturated heterocycles. The molecule has 0 radical (unpaired) electrons. The summed E-state index contributed by atoms with van der Waals surface area (Å²) in [5, 5.41) is 3.26. The third-order valence-corrected chi connectivity index (χ3v) is 6.37. The molecule has 3 rings (SSSR count). The Morgan fingerprint density at radius 2 is 1.90 bits per heavy atom. The van der Waals surface area contributed by atoms with Gasteiger partial charge in [-0.05, 0) is 24.0 Å². The van der Waals surface area contributed by atoms with Crippen molar-refractivity contribution in [2.75, 3.05) is 43.4 Å². The lowest BCUT2D eigenvalue weighted by atomic mass is 9.75. The average molecular weight is 312 g/mol. The van der Waals surface area contributed by atoms with Crippen LogP contribution in [0.5, 0.6) is 0 Å². The summed E-state index contributed by atoms with van der Waals surface area (Å²) < 4.78 is 0. The number of thiol groups is 1. The van der Waals surface area contributed by atoms with Crippen LogP contribution in [0.15, 0.2) is 11.6 Å². The second-order valence-corrected chi connectivity index (χ2v) is 7.49. The fourth-order valence-corrected chi connectivity index (χ4v) is 4.72. The third-order valence-electron chi connectivity index (χ3n) is 4.87. The van der Waals surface area contributed by atoms with Gasteiger partial charge in [-0.25, -0.2) is 4.98 Å². The van der Waals surface area contributed by atoms with E-state index in [1.165, 1.54) is 56.9 Å². The predicted octanol–water partition coefficient (Wildman–Crippen LogP) is 3.15. The molecule has 2 fully saturated rings. The van der Waals surface area contributed by atoms with Gasteiger partial charge in [0, 0.05) is 44.3 Å². The second kappa shape index (κ2) is 6.67. The molecule has 5 heteroatoms. The van der Waals surface area contributed by atoms with E-state index in [0.29, 0.717) is 5.41 Å². The van der Waals surface area contributed by atoms with Crippen molar-refractivity contribution >= 4 is 29.1 Å². The van der Waals surface area contributed by atoms with Gasteiger partial charge in [-0.3, -0.25) is 4.90 Å². The van der Waals surface area contributed by atoms with Crippen molar-refractivity contribution in [1.29, 1.82) is 0 Å². The molecule has 1 aromatic heterocycles. The number of aromatic nitrogens is 1. The lowest BCUT2D eigenvalue weighted by Crippen LogP contribution is -2.50. The molecule has 0 N–H and O–H groups in total. The standard InChI is InChI=1S/C15H25N3S2/c19-13-15(4-2-1-3-5-15)12-17-7-9-18(10-8-17)14-16-6-11-20-14/h6,11,19H,1-5,7-10,12-13H2. The topological polar surface area (TPSA) is 19.4 Å². The Labute approximate surface area is 131 Å². The summed E-state index contributed by atoms with van der Waals surface area (Å²) in [6.07, 6.45) is 8.89. The van der Waals surface area contributed by atoms with Gasteiger partial charge >= 0.3 is 0 Å². The molecule has 1 aromatic rings. The monoisotopic (exact) mass is 311 g/mol. The molecule has 1 saturated carbocycles. The SMILES string of the molecule is SCC1(CN2CCN(c3nccs3)CC2)CCCCC1. The smallest absolute Gasteiger partial charge is 0.185 e. The molecule has 0 spiro atoms. The van der Waals surface area contributed by atoms with E-state index in [1.807, 2.05) is 6.20 Å². The zero-order valence-corrected chi connectivity index (χ0v) is 13.8. The Morgan fingerprint density at radius 1 is 1.15 bits per heavy atom. The van der Waals surface area contributed by atoms with Crippen molar-refractivity contribution < 1.29 is 0 Å². The zero-order chi connectivity index (χ0) is 13.8. The first-order valence-electron chi connectivity index (χ1n) is 7.79. The first-order valence-corrected chi connectivity index (χ1v) is 9.30. The van der Waals surface area contributed by atoms with Crippen molar-refractivity contribution in [2.45, 2.75) is 32.1 Å². The number of hydrogen-bond donors (Lipinski definition) is 1. The molecule has 112 valence electrons. The van der Waals surface area contributed by atoms with Crippen LogP contribution in [0.2, 0.25) is 0 Å². The van der Waals surface area contributed by atoms with Crippen LogP contribution < -0.4 is 4.90 Å². The van der Waals surface area contributed by atoms with Crippen LogP contribution >= 0.6 is 24.0 Å². The Balaban J connectivity index is 1.53. The minimum absolute atomic E-state index is 0.491. The molecule has 0 unspecified atom stereocenters. The molecule has 0 atom stereocenters. The minimum Gasteiger partial charge on any atom is -0.346 e. The zero-order valence-electron chi connectivity index (χ0n) is 12.1. The Hall–Kier alpha value is -0.260. The Bertz CT molecular complexity index is 393. The molecule has 1 aliphatic carbocycles. The van der Waals surface area contributed by atoms with E-state index in [9.17, 15) is 0 Å². The van der Waals surface area contributed by atoms with E-state index >= 15 is 0 Å². The Kier molecular flexibility index (Phi) is 4.89. The molecule has 2 aliphatic rings. The maximum absolute atomic E-state index is 4.67. The largest absolute Gasteiger partial charge is 0.346 e. The number of piperazine rings is 1. The second-order valence-electron chi connectivity index (χ2n) is 6.30. The molecular formula is C15H25N3S2. The van der Waals surface area contributed by atoms with Crippen molar-refractivity contribution in [3.05, 3.63) is 11.6 Å². The summed E-state index contributed by atoms with van der Waals surface area (Å²) in [7, 11) is 0. The molecule has 20 heavy (non-hydrogen) atoms. The fraction of sp³-hybridized carbons (Fsp3) is 0.800. The van der Waals surface area contributed by atoms with Crippen LogP contribution in [0.25, 0.3) is 0 Å². The van der Waals surface area contributed by atoms with Crippen LogP contribution in [0.3, 0.4) is 0 Å². The summed E-state index contributed by atoms with van der Waals surface area (Å²) >= 11 is 6.42. The number of anilines is 1. The number of nitrogens with zero attached hydrogens (tertiary/aromatic N) is 3. The van der Waals surface area contributed by atoms with Crippen molar-refractivity contribution in [3.8, 4) is 0 Å². The van der Waals surface area contributed by atoms with Crippen molar-refractivity contribution in [2.24, 2.45) is 5.41 Å². The van der Waals surface area contributed by atoms with E-state index in [4.69, 9.17) is 0 Å². The van der Waals surface area contributed by atoms with Crippen LogP contribution in [-0.2, 0) is 0 Å². The maximum Gasteiger partial charge on any atom is 0.185 e. The first kappa shape index (κ1) is 14.7. The molecule has 0 aromatic carbocycles. The lowest BCUT2D eigenvalue weighted by molar-refractivity contribution is 0.121. The molecular weight excluding hydrogens is 286 g/mol. The highest BCUT2D eigenvalue weighted by Crippen LogP contribution is 2.38. The molecule has 0 bridgehead atoms. The van der Waals surface area contributed by atoms with Crippen molar-refractivity contribution in [3.63, 3.8) is 0 Å². The quantitative estimate of drug-likeness (QED) is 0.862. The third kappa shape index (κ3) is 3.31. The number of rotatable bonds is 4. The van der Waals surface area contributed by atoms with Crippen LogP contribution in [-0.4, -0.2) is 48.4 Å². The van der Waals surface area contributed by atoms with Gasteiger partial charge in [0.05, 0.1) is 0 Å². The van der Waals surface area contributed by atoms with Gasteiger partial charge < -0.3 is 4.90 Å². The lowest BCUT2D eigenvalue weighted by Gasteiger charge is -2.43. The normalized spacial score (nSPS) is 23.9. The fourth-order valence-electron chi connectivity index (χ4n) is 3.61. The predicted molar refractivity (Wildman–Crippen MR) is 90.1 cm³/mol. The van der Waals surface area contributed by atoms with E-state index in [1.54, 1.807) is 11.3 Å². The van der Waals surface area contributed by atoms with E-state index in [0.717, 1.165) is 18.8 Å². The van der Waals surface area contributed by atoms with Gasteiger partial charge in [0.2, 0.25) is 0 Å². The molecule has 1 aliphatic heterocycles. The number of hydrogen-bond acceptors (Lipinski definition) is 5. The first-order chi connectivity index (χ1) is 9.81. The van der Waals surface area contributed by atoms with Gasteiger partial charge in [-0.15, -0.1) is 11.3 Å². The highest BCUT2D eigenvalue weighted by Gasteiger charge is 2.33. The van der Waals surface area contributed by atoms with Crippen molar-refractivity contribution in [1.82, 2.24) is 9.88 Å². The van der Waals surface area contributed by atoms with Gasteiger partial charge in [-0.1, -0.05) is 19.3 Å². The molecule has 3 nitrogen and oxygen atoms in total. The molecule has 0 amide bonds. The summed E-state index contributed by atoms with van der Waals surface area (Å²) in [5.74, 6) is 1.06.